The molecule has 2 aromatic rings. The van der Waals surface area contributed by atoms with Gasteiger partial charge in [-0.05, 0) is 36.4 Å². The van der Waals surface area contributed by atoms with Crippen LogP contribution in [0.3, 0.4) is 0 Å². The molecule has 25 heavy (non-hydrogen) atoms. The van der Waals surface area contributed by atoms with Crippen molar-refractivity contribution in [3.63, 3.8) is 0 Å². The number of hydrogen-bond donors (Lipinski definition) is 2. The molecule has 0 heterocycles. The van der Waals surface area contributed by atoms with Gasteiger partial charge in [-0.3, -0.25) is 9.59 Å². The summed E-state index contributed by atoms with van der Waals surface area (Å²) in [5.74, 6) is -1.19. The second kappa shape index (κ2) is 7.22. The van der Waals surface area contributed by atoms with Crippen LogP contribution in [-0.2, 0) is 10.0 Å². The summed E-state index contributed by atoms with van der Waals surface area (Å²) < 4.78 is 25.3. The van der Waals surface area contributed by atoms with Crippen LogP contribution >= 0.6 is 11.6 Å². The Morgan fingerprint density at radius 1 is 1.12 bits per heavy atom. The van der Waals surface area contributed by atoms with Gasteiger partial charge in [-0.15, -0.1) is 0 Å². The van der Waals surface area contributed by atoms with Gasteiger partial charge in [0, 0.05) is 25.3 Å². The van der Waals surface area contributed by atoms with E-state index in [9.17, 15) is 18.0 Å². The Bertz CT molecular complexity index is 942. The Labute approximate surface area is 150 Å². The SMILES string of the molecule is CN(C)S(=O)(=O)c1cccc(C(=O)Nc2ccc(C(N)=O)c(Cl)c2)c1. The number of halogens is 1. The average molecular weight is 382 g/mol. The van der Waals surface area contributed by atoms with E-state index in [4.69, 9.17) is 17.3 Å². The number of anilines is 1. The van der Waals surface area contributed by atoms with E-state index >= 15 is 0 Å². The second-order valence-corrected chi connectivity index (χ2v) is 7.89. The van der Waals surface area contributed by atoms with Crippen LogP contribution in [0.5, 0.6) is 0 Å². The first-order valence-electron chi connectivity index (χ1n) is 7.06. The van der Waals surface area contributed by atoms with Crippen molar-refractivity contribution in [2.75, 3.05) is 19.4 Å². The van der Waals surface area contributed by atoms with Gasteiger partial charge < -0.3 is 11.1 Å². The first-order chi connectivity index (χ1) is 11.6. The van der Waals surface area contributed by atoms with E-state index in [2.05, 4.69) is 5.32 Å². The van der Waals surface area contributed by atoms with Crippen LogP contribution < -0.4 is 11.1 Å². The molecule has 0 spiro atoms. The summed E-state index contributed by atoms with van der Waals surface area (Å²) >= 11 is 5.94. The smallest absolute Gasteiger partial charge is 0.255 e. The fraction of sp³-hybridized carbons (Fsp3) is 0.125. The van der Waals surface area contributed by atoms with Crippen molar-refractivity contribution in [3.05, 3.63) is 58.6 Å². The van der Waals surface area contributed by atoms with Crippen LogP contribution in [0, 0.1) is 0 Å². The molecule has 0 saturated heterocycles. The minimum Gasteiger partial charge on any atom is -0.366 e. The lowest BCUT2D eigenvalue weighted by Gasteiger charge is -2.12. The zero-order chi connectivity index (χ0) is 18.8. The third kappa shape index (κ3) is 4.16. The van der Waals surface area contributed by atoms with Gasteiger partial charge in [-0.1, -0.05) is 17.7 Å². The number of primary amides is 1. The Kier molecular flexibility index (Phi) is 5.46. The molecule has 0 unspecified atom stereocenters. The molecule has 0 saturated carbocycles. The third-order valence-electron chi connectivity index (χ3n) is 3.37. The van der Waals surface area contributed by atoms with Gasteiger partial charge in [0.2, 0.25) is 15.9 Å². The lowest BCUT2D eigenvalue weighted by Crippen LogP contribution is -2.22. The second-order valence-electron chi connectivity index (χ2n) is 5.33. The maximum atomic E-state index is 12.3. The molecule has 0 fully saturated rings. The molecule has 0 aliphatic heterocycles. The Hall–Kier alpha value is -2.42. The van der Waals surface area contributed by atoms with Crippen molar-refractivity contribution in [2.45, 2.75) is 4.90 Å². The molecule has 2 aromatic carbocycles. The zero-order valence-corrected chi connectivity index (χ0v) is 15.1. The van der Waals surface area contributed by atoms with E-state index in [-0.39, 0.29) is 21.0 Å². The largest absolute Gasteiger partial charge is 0.366 e. The summed E-state index contributed by atoms with van der Waals surface area (Å²) in [6.45, 7) is 0. The van der Waals surface area contributed by atoms with E-state index in [0.29, 0.717) is 5.69 Å². The number of amides is 2. The number of carbonyl (C=O) groups is 2. The molecule has 2 amide bonds. The number of carbonyl (C=O) groups excluding carboxylic acids is 2. The highest BCUT2D eigenvalue weighted by Crippen LogP contribution is 2.22. The van der Waals surface area contributed by atoms with Gasteiger partial charge in [0.05, 0.1) is 15.5 Å². The minimum atomic E-state index is -3.65. The fourth-order valence-electron chi connectivity index (χ4n) is 2.00. The Morgan fingerprint density at radius 2 is 1.80 bits per heavy atom. The maximum Gasteiger partial charge on any atom is 0.255 e. The predicted molar refractivity (Wildman–Crippen MR) is 95.2 cm³/mol. The molecule has 0 aromatic heterocycles. The molecule has 0 atom stereocenters. The topological polar surface area (TPSA) is 110 Å². The number of rotatable bonds is 5. The van der Waals surface area contributed by atoms with Crippen molar-refractivity contribution in [2.24, 2.45) is 5.73 Å². The predicted octanol–water partition coefficient (Wildman–Crippen LogP) is 1.94. The third-order valence-corrected chi connectivity index (χ3v) is 5.49. The molecule has 9 heteroatoms. The highest BCUT2D eigenvalue weighted by molar-refractivity contribution is 7.89. The van der Waals surface area contributed by atoms with Crippen LogP contribution in [-0.4, -0.2) is 38.6 Å². The summed E-state index contributed by atoms with van der Waals surface area (Å²) in [6, 6.07) is 9.92. The number of sulfonamides is 1. The van der Waals surface area contributed by atoms with E-state index in [1.807, 2.05) is 0 Å². The average Bonchev–Trinajstić information content (AvgIpc) is 2.54. The molecular formula is C16H16ClN3O4S. The molecule has 132 valence electrons. The van der Waals surface area contributed by atoms with Crippen molar-refractivity contribution in [1.29, 1.82) is 0 Å². The number of nitrogens with two attached hydrogens (primary N) is 1. The van der Waals surface area contributed by atoms with Crippen LogP contribution in [0.1, 0.15) is 20.7 Å². The standard InChI is InChI=1S/C16H16ClN3O4S/c1-20(2)25(23,24)12-5-3-4-10(8-12)16(22)19-11-6-7-13(15(18)21)14(17)9-11/h3-9H,1-2H3,(H2,18,21)(H,19,22). The van der Waals surface area contributed by atoms with E-state index in [0.717, 1.165) is 4.31 Å². The monoisotopic (exact) mass is 381 g/mol. The first kappa shape index (κ1) is 18.9. The van der Waals surface area contributed by atoms with Gasteiger partial charge in [-0.25, -0.2) is 12.7 Å². The van der Waals surface area contributed by atoms with Crippen LogP contribution in [0.2, 0.25) is 5.02 Å². The van der Waals surface area contributed by atoms with Crippen LogP contribution in [0.25, 0.3) is 0 Å². The van der Waals surface area contributed by atoms with Crippen molar-refractivity contribution in [3.8, 4) is 0 Å². The fourth-order valence-corrected chi connectivity index (χ4v) is 3.23. The molecule has 0 radical (unpaired) electrons. The summed E-state index contributed by atoms with van der Waals surface area (Å²) in [5.41, 5.74) is 5.82. The van der Waals surface area contributed by atoms with Gasteiger partial charge >= 0.3 is 0 Å². The number of hydrogen-bond acceptors (Lipinski definition) is 4. The number of nitrogens with zero attached hydrogens (tertiary/aromatic N) is 1. The normalized spacial score (nSPS) is 11.4. The van der Waals surface area contributed by atoms with E-state index in [1.54, 1.807) is 0 Å². The summed E-state index contributed by atoms with van der Waals surface area (Å²) in [4.78, 5) is 23.5. The first-order valence-corrected chi connectivity index (χ1v) is 8.88. The number of benzene rings is 2. The maximum absolute atomic E-state index is 12.3. The number of nitrogens with one attached hydrogen (secondary N) is 1. The molecule has 0 aliphatic rings. The van der Waals surface area contributed by atoms with Crippen LogP contribution in [0.4, 0.5) is 5.69 Å². The lowest BCUT2D eigenvalue weighted by molar-refractivity contribution is 0.0998. The van der Waals surface area contributed by atoms with Crippen molar-refractivity contribution >= 4 is 39.1 Å². The molecule has 3 N–H and O–H groups in total. The molecule has 0 bridgehead atoms. The molecule has 7 nitrogen and oxygen atoms in total. The van der Waals surface area contributed by atoms with Crippen molar-refractivity contribution in [1.82, 2.24) is 4.31 Å². The Balaban J connectivity index is 2.28. The Morgan fingerprint density at radius 3 is 2.36 bits per heavy atom. The molecule has 0 aliphatic carbocycles. The van der Waals surface area contributed by atoms with E-state index < -0.39 is 21.8 Å². The van der Waals surface area contributed by atoms with Gasteiger partial charge in [0.25, 0.3) is 5.91 Å². The minimum absolute atomic E-state index is 0.00672. The lowest BCUT2D eigenvalue weighted by atomic mass is 10.1. The summed E-state index contributed by atoms with van der Waals surface area (Å²) in [6.07, 6.45) is 0. The summed E-state index contributed by atoms with van der Waals surface area (Å²) in [7, 11) is -0.833. The van der Waals surface area contributed by atoms with Crippen molar-refractivity contribution < 1.29 is 18.0 Å². The summed E-state index contributed by atoms with van der Waals surface area (Å²) in [5, 5.41) is 2.69. The quantitative estimate of drug-likeness (QED) is 0.824. The van der Waals surface area contributed by atoms with Crippen LogP contribution in [0.15, 0.2) is 47.4 Å². The molecule has 2 rings (SSSR count). The van der Waals surface area contributed by atoms with E-state index in [1.165, 1.54) is 56.6 Å². The highest BCUT2D eigenvalue weighted by Gasteiger charge is 2.19. The highest BCUT2D eigenvalue weighted by atomic mass is 35.5. The van der Waals surface area contributed by atoms with Gasteiger partial charge in [0.1, 0.15) is 0 Å². The molecular weight excluding hydrogens is 366 g/mol. The van der Waals surface area contributed by atoms with Gasteiger partial charge in [-0.2, -0.15) is 0 Å². The van der Waals surface area contributed by atoms with Gasteiger partial charge in [0.15, 0.2) is 0 Å². The zero-order valence-electron chi connectivity index (χ0n) is 13.5.